The lowest BCUT2D eigenvalue weighted by Crippen LogP contribution is -1.93. The zero-order valence-corrected chi connectivity index (χ0v) is 9.07. The van der Waals surface area contributed by atoms with Gasteiger partial charge in [0, 0.05) is 12.5 Å². The first kappa shape index (κ1) is 10.0. The molecule has 3 rings (SSSR count). The number of para-hydroxylation sites is 1. The first-order valence-corrected chi connectivity index (χ1v) is 5.41. The molecule has 0 unspecified atom stereocenters. The Balaban J connectivity index is 1.98. The molecule has 0 saturated heterocycles. The van der Waals surface area contributed by atoms with E-state index in [-0.39, 0.29) is 5.82 Å². The smallest absolute Gasteiger partial charge is 0.126 e. The fourth-order valence-corrected chi connectivity index (χ4v) is 1.84. The van der Waals surface area contributed by atoms with Crippen LogP contribution in [0.2, 0.25) is 0 Å². The van der Waals surface area contributed by atoms with Crippen molar-refractivity contribution in [2.45, 2.75) is 6.42 Å². The molecule has 17 heavy (non-hydrogen) atoms. The summed E-state index contributed by atoms with van der Waals surface area (Å²) in [6.45, 7) is 0. The molecule has 2 nitrogen and oxygen atoms in total. The fraction of sp³-hybridized carbons (Fsp3) is 0.0714. The van der Waals surface area contributed by atoms with Crippen molar-refractivity contribution in [1.82, 2.24) is 9.97 Å². The minimum atomic E-state index is -0.197. The molecule has 1 radical (unpaired) electrons. The number of fused-ring (bicyclic) bond motifs is 1. The summed E-state index contributed by atoms with van der Waals surface area (Å²) >= 11 is 0. The molecule has 0 aliphatic rings. The molecule has 1 aromatic heterocycles. The van der Waals surface area contributed by atoms with Crippen LogP contribution < -0.4 is 0 Å². The van der Waals surface area contributed by atoms with Crippen LogP contribution in [-0.2, 0) is 6.42 Å². The largest absolute Gasteiger partial charge is 0.341 e. The van der Waals surface area contributed by atoms with Crippen molar-refractivity contribution < 1.29 is 4.39 Å². The highest BCUT2D eigenvalue weighted by atomic mass is 19.1. The maximum absolute atomic E-state index is 13.5. The number of aromatic amines is 1. The van der Waals surface area contributed by atoms with Gasteiger partial charge >= 0.3 is 0 Å². The van der Waals surface area contributed by atoms with Crippen molar-refractivity contribution >= 4 is 11.0 Å². The van der Waals surface area contributed by atoms with Crippen LogP contribution in [0.4, 0.5) is 4.39 Å². The second-order valence-electron chi connectivity index (χ2n) is 3.88. The number of hydrogen-bond donors (Lipinski definition) is 1. The summed E-state index contributed by atoms with van der Waals surface area (Å²) < 4.78 is 13.5. The summed E-state index contributed by atoms with van der Waals surface area (Å²) in [6.07, 6.45) is 0.467. The number of imidazole rings is 1. The summed E-state index contributed by atoms with van der Waals surface area (Å²) in [6, 6.07) is 15.4. The minimum Gasteiger partial charge on any atom is -0.341 e. The maximum Gasteiger partial charge on any atom is 0.126 e. The number of nitrogens with zero attached hydrogens (tertiary/aromatic N) is 1. The van der Waals surface area contributed by atoms with Crippen LogP contribution in [0, 0.1) is 11.9 Å². The average molecular weight is 225 g/mol. The third kappa shape index (κ3) is 1.91. The number of aromatic nitrogens is 2. The Hall–Kier alpha value is -2.16. The van der Waals surface area contributed by atoms with Gasteiger partial charge in [-0.3, -0.25) is 0 Å². The van der Waals surface area contributed by atoms with Crippen molar-refractivity contribution in [3.05, 3.63) is 65.7 Å². The SMILES string of the molecule is Fc1ccccc1Cc1nc2ccc[c]c2[nH]1. The predicted octanol–water partition coefficient (Wildman–Crippen LogP) is 3.09. The molecule has 0 amide bonds. The van der Waals surface area contributed by atoms with Gasteiger partial charge in [0.15, 0.2) is 0 Å². The van der Waals surface area contributed by atoms with Crippen molar-refractivity contribution in [3.8, 4) is 0 Å². The number of halogens is 1. The Labute approximate surface area is 98.1 Å². The van der Waals surface area contributed by atoms with Gasteiger partial charge < -0.3 is 4.98 Å². The number of hydrogen-bond acceptors (Lipinski definition) is 1. The zero-order chi connectivity index (χ0) is 11.7. The highest BCUT2D eigenvalue weighted by molar-refractivity contribution is 5.74. The molecular weight excluding hydrogens is 215 g/mol. The normalized spacial score (nSPS) is 10.9. The summed E-state index contributed by atoms with van der Waals surface area (Å²) in [5.41, 5.74) is 2.37. The van der Waals surface area contributed by atoms with E-state index in [4.69, 9.17) is 0 Å². The van der Waals surface area contributed by atoms with Gasteiger partial charge in [-0.25, -0.2) is 9.37 Å². The Kier molecular flexibility index (Phi) is 2.37. The third-order valence-electron chi connectivity index (χ3n) is 2.67. The molecule has 0 atom stereocenters. The Morgan fingerprint density at radius 1 is 1.18 bits per heavy atom. The first-order valence-electron chi connectivity index (χ1n) is 5.41. The van der Waals surface area contributed by atoms with Gasteiger partial charge in [-0.1, -0.05) is 30.3 Å². The minimum absolute atomic E-state index is 0.197. The van der Waals surface area contributed by atoms with E-state index in [2.05, 4.69) is 16.0 Å². The predicted molar refractivity (Wildman–Crippen MR) is 64.1 cm³/mol. The monoisotopic (exact) mass is 225 g/mol. The maximum atomic E-state index is 13.5. The van der Waals surface area contributed by atoms with Crippen LogP contribution in [0.1, 0.15) is 11.4 Å². The number of rotatable bonds is 2. The first-order chi connectivity index (χ1) is 8.33. The van der Waals surface area contributed by atoms with Gasteiger partial charge in [-0.05, 0) is 17.7 Å². The molecule has 3 heteroatoms. The molecule has 0 spiro atoms. The molecular formula is C14H10FN2. The van der Waals surface area contributed by atoms with E-state index in [9.17, 15) is 4.39 Å². The molecule has 3 aromatic rings. The Bertz CT molecular complexity index is 625. The summed E-state index contributed by atoms with van der Waals surface area (Å²) in [5, 5.41) is 0. The zero-order valence-electron chi connectivity index (χ0n) is 9.07. The van der Waals surface area contributed by atoms with Crippen LogP contribution in [-0.4, -0.2) is 9.97 Å². The van der Waals surface area contributed by atoms with Crippen LogP contribution in [0.5, 0.6) is 0 Å². The molecule has 0 aliphatic carbocycles. The van der Waals surface area contributed by atoms with Crippen molar-refractivity contribution in [2.75, 3.05) is 0 Å². The van der Waals surface area contributed by atoms with Gasteiger partial charge in [0.1, 0.15) is 11.6 Å². The molecule has 83 valence electrons. The highest BCUT2D eigenvalue weighted by Gasteiger charge is 2.06. The molecule has 2 aromatic carbocycles. The van der Waals surface area contributed by atoms with E-state index in [0.29, 0.717) is 12.0 Å². The standard InChI is InChI=1S/C14H10FN2/c15-11-6-2-1-5-10(11)9-14-16-12-7-3-4-8-13(12)17-14/h1-7H,9H2,(H,16,17). The lowest BCUT2D eigenvalue weighted by atomic mass is 10.1. The van der Waals surface area contributed by atoms with Crippen LogP contribution in [0.3, 0.4) is 0 Å². The highest BCUT2D eigenvalue weighted by Crippen LogP contribution is 2.14. The lowest BCUT2D eigenvalue weighted by molar-refractivity contribution is 0.612. The molecule has 0 aliphatic heterocycles. The number of benzene rings is 2. The van der Waals surface area contributed by atoms with E-state index >= 15 is 0 Å². The van der Waals surface area contributed by atoms with Crippen molar-refractivity contribution in [1.29, 1.82) is 0 Å². The molecule has 0 bridgehead atoms. The fourth-order valence-electron chi connectivity index (χ4n) is 1.84. The summed E-state index contributed by atoms with van der Waals surface area (Å²) in [5.74, 6) is 0.560. The lowest BCUT2D eigenvalue weighted by Gasteiger charge is -1.99. The Morgan fingerprint density at radius 3 is 2.88 bits per heavy atom. The van der Waals surface area contributed by atoms with E-state index < -0.39 is 0 Å². The van der Waals surface area contributed by atoms with E-state index in [1.165, 1.54) is 6.07 Å². The molecule has 1 heterocycles. The third-order valence-corrected chi connectivity index (χ3v) is 2.67. The van der Waals surface area contributed by atoms with Gasteiger partial charge in [0.2, 0.25) is 0 Å². The number of nitrogens with one attached hydrogen (secondary N) is 1. The van der Waals surface area contributed by atoms with Crippen LogP contribution in [0.15, 0.2) is 42.5 Å². The second-order valence-corrected chi connectivity index (χ2v) is 3.88. The van der Waals surface area contributed by atoms with Crippen molar-refractivity contribution in [2.24, 2.45) is 0 Å². The van der Waals surface area contributed by atoms with Crippen molar-refractivity contribution in [3.63, 3.8) is 0 Å². The second kappa shape index (κ2) is 4.01. The van der Waals surface area contributed by atoms with Gasteiger partial charge in [-0.15, -0.1) is 0 Å². The molecule has 1 N–H and O–H groups in total. The average Bonchev–Trinajstić information content (AvgIpc) is 2.74. The topological polar surface area (TPSA) is 28.7 Å². The molecule has 0 saturated carbocycles. The van der Waals surface area contributed by atoms with Gasteiger partial charge in [-0.2, -0.15) is 0 Å². The summed E-state index contributed by atoms with van der Waals surface area (Å²) in [4.78, 5) is 7.53. The molecule has 0 fully saturated rings. The Morgan fingerprint density at radius 2 is 2.06 bits per heavy atom. The van der Waals surface area contributed by atoms with Gasteiger partial charge in [0.05, 0.1) is 11.0 Å². The van der Waals surface area contributed by atoms with E-state index in [1.54, 1.807) is 12.1 Å². The van der Waals surface area contributed by atoms with E-state index in [0.717, 1.165) is 16.9 Å². The number of H-pyrrole nitrogens is 1. The van der Waals surface area contributed by atoms with Crippen LogP contribution >= 0.6 is 0 Å². The quantitative estimate of drug-likeness (QED) is 0.713. The van der Waals surface area contributed by atoms with Gasteiger partial charge in [0.25, 0.3) is 0 Å². The summed E-state index contributed by atoms with van der Waals surface area (Å²) in [7, 11) is 0. The van der Waals surface area contributed by atoms with E-state index in [1.807, 2.05) is 24.3 Å². The van der Waals surface area contributed by atoms with Crippen LogP contribution in [0.25, 0.3) is 11.0 Å².